The number of amides is 2. The number of aryl methyl sites for hydroxylation is 1. The number of guanidine groups is 1. The van der Waals surface area contributed by atoms with Gasteiger partial charge in [0, 0.05) is 13.0 Å². The number of nitrogens with one attached hydrogen (secondary N) is 2. The van der Waals surface area contributed by atoms with Gasteiger partial charge in [0.05, 0.1) is 13.3 Å². The summed E-state index contributed by atoms with van der Waals surface area (Å²) in [6.07, 6.45) is 1.93. The van der Waals surface area contributed by atoms with Crippen molar-refractivity contribution in [2.45, 2.75) is 31.8 Å². The minimum atomic E-state index is -0.672. The van der Waals surface area contributed by atoms with E-state index >= 15 is 0 Å². The number of carbonyl (C=O) groups excluding carboxylic acids is 2. The number of nitrogens with two attached hydrogens (primary N) is 4. The smallest absolute Gasteiger partial charge is 0.408 e. The number of rotatable bonds is 9. The zero-order chi connectivity index (χ0) is 26.9. The van der Waals surface area contributed by atoms with Gasteiger partial charge in [0.15, 0.2) is 28.4 Å². The molecule has 196 valence electrons. The second-order valence-electron chi connectivity index (χ2n) is 8.27. The molecule has 0 saturated carbocycles. The van der Waals surface area contributed by atoms with Crippen molar-refractivity contribution in [2.75, 3.05) is 25.1 Å². The standard InChI is InChI=1S/C24H30ClN9O3/c1-37-24(36)31-17(26)12-14-6-8-15-10-13(5-7-16(15)11-14)4-2-3-9-30-23(29)34-22(35)18-20(27)33-21(28)19(25)32-18/h5-8,10-11,17H,2-4,9,12,26H2,1H3,(H,31,36)(H4,27,28,33)(H3,29,30,34,35)/t17-/m1/s1. The molecule has 0 radical (unpaired) electrons. The number of anilines is 2. The largest absolute Gasteiger partial charge is 0.453 e. The zero-order valence-corrected chi connectivity index (χ0v) is 21.1. The van der Waals surface area contributed by atoms with E-state index in [0.29, 0.717) is 13.0 Å². The van der Waals surface area contributed by atoms with E-state index in [1.807, 2.05) is 12.1 Å². The van der Waals surface area contributed by atoms with Crippen LogP contribution < -0.4 is 33.6 Å². The molecule has 0 aliphatic heterocycles. The fourth-order valence-corrected chi connectivity index (χ4v) is 3.73. The highest BCUT2D eigenvalue weighted by atomic mass is 35.5. The minimum Gasteiger partial charge on any atom is -0.453 e. The van der Waals surface area contributed by atoms with Gasteiger partial charge in [0.1, 0.15) is 0 Å². The topological polar surface area (TPSA) is 210 Å². The molecule has 1 heterocycles. The lowest BCUT2D eigenvalue weighted by Gasteiger charge is -2.13. The van der Waals surface area contributed by atoms with E-state index in [1.54, 1.807) is 0 Å². The maximum absolute atomic E-state index is 12.3. The molecule has 0 unspecified atom stereocenters. The SMILES string of the molecule is COC(=O)N[C@@H](N)Cc1ccc2cc(CCCCN=C(N)NC(=O)c3nc(Cl)c(N)nc3N)ccc2c1. The highest BCUT2D eigenvalue weighted by Gasteiger charge is 2.16. The van der Waals surface area contributed by atoms with E-state index in [0.717, 1.165) is 35.6 Å². The van der Waals surface area contributed by atoms with Crippen molar-refractivity contribution in [2.24, 2.45) is 16.5 Å². The van der Waals surface area contributed by atoms with Gasteiger partial charge in [-0.3, -0.25) is 15.1 Å². The van der Waals surface area contributed by atoms with Gasteiger partial charge in [0.25, 0.3) is 5.91 Å². The summed E-state index contributed by atoms with van der Waals surface area (Å²) in [5.74, 6) is -0.947. The molecule has 3 aromatic rings. The first-order valence-corrected chi connectivity index (χ1v) is 11.9. The number of alkyl carbamates (subject to hydrolysis) is 1. The van der Waals surface area contributed by atoms with Crippen LogP contribution in [-0.2, 0) is 17.6 Å². The Balaban J connectivity index is 1.47. The van der Waals surface area contributed by atoms with Gasteiger partial charge in [-0.05, 0) is 41.2 Å². The number of nitrogen functional groups attached to an aromatic ring is 2. The Morgan fingerprint density at radius 1 is 1.05 bits per heavy atom. The van der Waals surface area contributed by atoms with Gasteiger partial charge >= 0.3 is 6.09 Å². The quantitative estimate of drug-likeness (QED) is 0.103. The lowest BCUT2D eigenvalue weighted by Crippen LogP contribution is -2.42. The van der Waals surface area contributed by atoms with Crippen LogP contribution in [0.15, 0.2) is 41.4 Å². The third-order valence-electron chi connectivity index (χ3n) is 5.43. The predicted octanol–water partition coefficient (Wildman–Crippen LogP) is 1.70. The van der Waals surface area contributed by atoms with Crippen molar-refractivity contribution in [3.8, 4) is 0 Å². The number of methoxy groups -OCH3 is 1. The van der Waals surface area contributed by atoms with E-state index in [1.165, 1.54) is 12.7 Å². The van der Waals surface area contributed by atoms with E-state index in [2.05, 4.69) is 54.6 Å². The van der Waals surface area contributed by atoms with Crippen LogP contribution in [0.2, 0.25) is 5.15 Å². The summed E-state index contributed by atoms with van der Waals surface area (Å²) >= 11 is 5.80. The Kier molecular flexibility index (Phi) is 9.41. The van der Waals surface area contributed by atoms with Crippen molar-refractivity contribution >= 4 is 52.0 Å². The van der Waals surface area contributed by atoms with Gasteiger partial charge in [0.2, 0.25) is 0 Å². The summed E-state index contributed by atoms with van der Waals surface area (Å²) in [5.41, 5.74) is 24.9. The van der Waals surface area contributed by atoms with Gasteiger partial charge < -0.3 is 33.0 Å². The lowest BCUT2D eigenvalue weighted by atomic mass is 10.00. The summed E-state index contributed by atoms with van der Waals surface area (Å²) < 4.78 is 4.57. The van der Waals surface area contributed by atoms with Crippen molar-refractivity contribution in [3.05, 3.63) is 58.4 Å². The zero-order valence-electron chi connectivity index (χ0n) is 20.3. The molecular formula is C24H30ClN9O3. The summed E-state index contributed by atoms with van der Waals surface area (Å²) in [5, 5.41) is 7.05. The molecule has 10 N–H and O–H groups in total. The summed E-state index contributed by atoms with van der Waals surface area (Å²) in [7, 11) is 1.30. The maximum Gasteiger partial charge on any atom is 0.408 e. The van der Waals surface area contributed by atoms with E-state index in [9.17, 15) is 9.59 Å². The molecular weight excluding hydrogens is 498 g/mol. The first kappa shape index (κ1) is 27.4. The Hall–Kier alpha value is -4.16. The highest BCUT2D eigenvalue weighted by Crippen LogP contribution is 2.20. The predicted molar refractivity (Wildman–Crippen MR) is 144 cm³/mol. The van der Waals surface area contributed by atoms with E-state index in [-0.39, 0.29) is 28.4 Å². The Morgan fingerprint density at radius 3 is 2.43 bits per heavy atom. The van der Waals surface area contributed by atoms with Gasteiger partial charge in [-0.25, -0.2) is 14.8 Å². The molecule has 1 atom stereocenters. The van der Waals surface area contributed by atoms with Crippen LogP contribution >= 0.6 is 11.6 Å². The molecule has 0 aliphatic rings. The Bertz CT molecular complexity index is 1320. The van der Waals surface area contributed by atoms with Crippen LogP contribution in [0.25, 0.3) is 10.8 Å². The number of halogens is 1. The van der Waals surface area contributed by atoms with E-state index in [4.69, 9.17) is 34.5 Å². The van der Waals surface area contributed by atoms with Crippen LogP contribution in [0.1, 0.15) is 34.5 Å². The molecule has 1 aromatic heterocycles. The summed E-state index contributed by atoms with van der Waals surface area (Å²) in [4.78, 5) is 35.3. The minimum absolute atomic E-state index is 0.0536. The van der Waals surface area contributed by atoms with Crippen LogP contribution in [0.5, 0.6) is 0 Å². The molecule has 0 spiro atoms. The van der Waals surface area contributed by atoms with Gasteiger partial charge in [-0.1, -0.05) is 48.0 Å². The van der Waals surface area contributed by atoms with Crippen molar-refractivity contribution in [1.29, 1.82) is 0 Å². The normalized spacial score (nSPS) is 12.2. The molecule has 0 bridgehead atoms. The second-order valence-corrected chi connectivity index (χ2v) is 8.63. The van der Waals surface area contributed by atoms with Crippen LogP contribution in [0, 0.1) is 0 Å². The number of benzene rings is 2. The third-order valence-corrected chi connectivity index (χ3v) is 5.71. The second kappa shape index (κ2) is 12.7. The van der Waals surface area contributed by atoms with Crippen LogP contribution in [-0.4, -0.2) is 47.7 Å². The lowest BCUT2D eigenvalue weighted by molar-refractivity contribution is 0.0972. The third kappa shape index (κ3) is 7.92. The number of aliphatic imine (C=N–C) groups is 1. The van der Waals surface area contributed by atoms with Gasteiger partial charge in [-0.15, -0.1) is 0 Å². The summed E-state index contributed by atoms with van der Waals surface area (Å²) in [6.45, 7) is 0.437. The number of nitrogens with zero attached hydrogens (tertiary/aromatic N) is 3. The maximum atomic E-state index is 12.3. The van der Waals surface area contributed by atoms with Crippen LogP contribution in [0.4, 0.5) is 16.4 Å². The number of ether oxygens (including phenoxy) is 1. The van der Waals surface area contributed by atoms with Crippen molar-refractivity contribution in [3.63, 3.8) is 0 Å². The average Bonchev–Trinajstić information content (AvgIpc) is 2.85. The fraction of sp³-hybridized carbons (Fsp3) is 0.292. The van der Waals surface area contributed by atoms with E-state index < -0.39 is 18.2 Å². The average molecular weight is 528 g/mol. The summed E-state index contributed by atoms with van der Waals surface area (Å²) in [6, 6.07) is 12.4. The molecule has 37 heavy (non-hydrogen) atoms. The number of aromatic nitrogens is 2. The highest BCUT2D eigenvalue weighted by molar-refractivity contribution is 6.31. The van der Waals surface area contributed by atoms with Crippen molar-refractivity contribution < 1.29 is 14.3 Å². The van der Waals surface area contributed by atoms with Crippen LogP contribution in [0.3, 0.4) is 0 Å². The number of hydrogen-bond donors (Lipinski definition) is 6. The molecule has 3 rings (SSSR count). The Labute approximate surface area is 218 Å². The molecule has 2 amide bonds. The molecule has 13 heteroatoms. The Morgan fingerprint density at radius 2 is 1.73 bits per heavy atom. The molecule has 0 fully saturated rings. The first-order chi connectivity index (χ1) is 17.7. The molecule has 2 aromatic carbocycles. The number of fused-ring (bicyclic) bond motifs is 1. The first-order valence-electron chi connectivity index (χ1n) is 11.5. The number of unbranched alkanes of at least 4 members (excludes halogenated alkanes) is 1. The molecule has 12 nitrogen and oxygen atoms in total. The number of carbonyl (C=O) groups is 2. The molecule has 0 aliphatic carbocycles. The van der Waals surface area contributed by atoms with Gasteiger partial charge in [-0.2, -0.15) is 0 Å². The fourth-order valence-electron chi connectivity index (χ4n) is 3.61. The number of hydrogen-bond acceptors (Lipinski definition) is 9. The molecule has 0 saturated heterocycles. The monoisotopic (exact) mass is 527 g/mol. The van der Waals surface area contributed by atoms with Crippen molar-refractivity contribution in [1.82, 2.24) is 20.6 Å².